The largest absolute Gasteiger partial charge is 0.494 e. The number of hydrogen-bond donors (Lipinski definition) is 3. The summed E-state index contributed by atoms with van der Waals surface area (Å²) >= 11 is 0. The third kappa shape index (κ3) is 11.7. The summed E-state index contributed by atoms with van der Waals surface area (Å²) in [5.74, 6) is 0.902. The van der Waals surface area contributed by atoms with E-state index in [0.29, 0.717) is 6.42 Å². The lowest BCUT2D eigenvalue weighted by Crippen LogP contribution is -2.47. The van der Waals surface area contributed by atoms with Gasteiger partial charge >= 0.3 is 0 Å². The molecule has 1 aromatic carbocycles. The van der Waals surface area contributed by atoms with Crippen LogP contribution in [0.1, 0.15) is 89.5 Å². The van der Waals surface area contributed by atoms with E-state index < -0.39 is 5.54 Å². The fourth-order valence-electron chi connectivity index (χ4n) is 3.31. The second-order valence-corrected chi connectivity index (χ2v) is 8.21. The van der Waals surface area contributed by atoms with E-state index in [1.807, 2.05) is 24.3 Å². The van der Waals surface area contributed by atoms with Gasteiger partial charge in [0.05, 0.1) is 25.4 Å². The quantitative estimate of drug-likeness (QED) is 0.307. The zero-order valence-electron chi connectivity index (χ0n) is 18.0. The van der Waals surface area contributed by atoms with E-state index in [-0.39, 0.29) is 13.2 Å². The SMILES string of the molecule is CCCCCCCCCCCCCOc1ccc(CCC(N)(CO)CO)cc1. The zero-order valence-corrected chi connectivity index (χ0v) is 18.0. The van der Waals surface area contributed by atoms with Crippen LogP contribution in [0.5, 0.6) is 5.75 Å². The molecule has 0 atom stereocenters. The lowest BCUT2D eigenvalue weighted by atomic mass is 9.94. The smallest absolute Gasteiger partial charge is 0.119 e. The van der Waals surface area contributed by atoms with Gasteiger partial charge in [0.25, 0.3) is 0 Å². The molecule has 1 rings (SSSR count). The zero-order chi connectivity index (χ0) is 20.5. The fourth-order valence-corrected chi connectivity index (χ4v) is 3.31. The standard InChI is InChI=1S/C24H43NO3/c1-2-3-4-5-6-7-8-9-10-11-12-19-28-23-15-13-22(14-16-23)17-18-24(25,20-26)21-27/h13-16,26-27H,2-12,17-21,25H2,1H3. The van der Waals surface area contributed by atoms with Crippen molar-refractivity contribution in [3.8, 4) is 5.75 Å². The number of unbranched alkanes of at least 4 members (excludes halogenated alkanes) is 10. The van der Waals surface area contributed by atoms with Crippen molar-refractivity contribution in [3.05, 3.63) is 29.8 Å². The van der Waals surface area contributed by atoms with Crippen LogP contribution in [0, 0.1) is 0 Å². The summed E-state index contributed by atoms with van der Waals surface area (Å²) in [5.41, 5.74) is 6.15. The lowest BCUT2D eigenvalue weighted by Gasteiger charge is -2.24. The summed E-state index contributed by atoms with van der Waals surface area (Å²) in [5, 5.41) is 18.5. The van der Waals surface area contributed by atoms with E-state index in [0.717, 1.165) is 30.8 Å². The molecule has 0 fully saturated rings. The Bertz CT molecular complexity index is 471. The maximum absolute atomic E-state index is 9.24. The van der Waals surface area contributed by atoms with Crippen molar-refractivity contribution in [2.24, 2.45) is 5.73 Å². The van der Waals surface area contributed by atoms with Gasteiger partial charge in [-0.1, -0.05) is 83.3 Å². The van der Waals surface area contributed by atoms with Gasteiger partial charge in [-0.05, 0) is 37.0 Å². The molecule has 0 aliphatic carbocycles. The summed E-state index contributed by atoms with van der Waals surface area (Å²) in [6.07, 6.45) is 16.0. The predicted octanol–water partition coefficient (Wildman–Crippen LogP) is 4.99. The van der Waals surface area contributed by atoms with Crippen LogP contribution in [0.3, 0.4) is 0 Å². The summed E-state index contributed by atoms with van der Waals surface area (Å²) < 4.78 is 5.83. The van der Waals surface area contributed by atoms with Crippen LogP contribution in [-0.2, 0) is 6.42 Å². The van der Waals surface area contributed by atoms with E-state index >= 15 is 0 Å². The van der Waals surface area contributed by atoms with Gasteiger partial charge in [0.1, 0.15) is 5.75 Å². The van der Waals surface area contributed by atoms with Crippen molar-refractivity contribution in [3.63, 3.8) is 0 Å². The van der Waals surface area contributed by atoms with E-state index in [1.165, 1.54) is 64.2 Å². The number of aryl methyl sites for hydroxylation is 1. The summed E-state index contributed by atoms with van der Waals surface area (Å²) in [6, 6.07) is 8.05. The average molecular weight is 394 g/mol. The van der Waals surface area contributed by atoms with Crippen LogP contribution in [0.2, 0.25) is 0 Å². The first kappa shape index (κ1) is 24.9. The van der Waals surface area contributed by atoms with Crippen LogP contribution < -0.4 is 10.5 Å². The van der Waals surface area contributed by atoms with Crippen LogP contribution >= 0.6 is 0 Å². The predicted molar refractivity (Wildman–Crippen MR) is 118 cm³/mol. The molecule has 0 bridgehead atoms. The number of nitrogens with two attached hydrogens (primary N) is 1. The molecular weight excluding hydrogens is 350 g/mol. The highest BCUT2D eigenvalue weighted by Crippen LogP contribution is 2.17. The molecule has 1 aromatic rings. The van der Waals surface area contributed by atoms with E-state index in [9.17, 15) is 10.2 Å². The first-order valence-corrected chi connectivity index (χ1v) is 11.4. The van der Waals surface area contributed by atoms with Gasteiger partial charge in [0.15, 0.2) is 0 Å². The Balaban J connectivity index is 2.03. The van der Waals surface area contributed by atoms with Crippen LogP contribution in [0.4, 0.5) is 0 Å². The molecule has 4 heteroatoms. The second-order valence-electron chi connectivity index (χ2n) is 8.21. The molecule has 28 heavy (non-hydrogen) atoms. The van der Waals surface area contributed by atoms with E-state index in [2.05, 4.69) is 6.92 Å². The Kier molecular flexibility index (Phi) is 14.1. The molecule has 0 heterocycles. The Hall–Kier alpha value is -1.10. The molecule has 0 aliphatic rings. The maximum Gasteiger partial charge on any atom is 0.119 e. The third-order valence-corrected chi connectivity index (χ3v) is 5.48. The first-order chi connectivity index (χ1) is 13.6. The fraction of sp³-hybridized carbons (Fsp3) is 0.750. The molecule has 0 spiro atoms. The molecule has 0 saturated heterocycles. The van der Waals surface area contributed by atoms with Crippen molar-refractivity contribution in [1.82, 2.24) is 0 Å². The van der Waals surface area contributed by atoms with E-state index in [1.54, 1.807) is 0 Å². The van der Waals surface area contributed by atoms with Gasteiger partial charge in [-0.25, -0.2) is 0 Å². The normalized spacial score (nSPS) is 11.7. The minimum Gasteiger partial charge on any atom is -0.494 e. The van der Waals surface area contributed by atoms with Crippen molar-refractivity contribution in [2.75, 3.05) is 19.8 Å². The Morgan fingerprint density at radius 1 is 0.786 bits per heavy atom. The van der Waals surface area contributed by atoms with Crippen molar-refractivity contribution in [1.29, 1.82) is 0 Å². The molecule has 162 valence electrons. The topological polar surface area (TPSA) is 75.7 Å². The van der Waals surface area contributed by atoms with Gasteiger partial charge in [0.2, 0.25) is 0 Å². The van der Waals surface area contributed by atoms with Gasteiger partial charge in [0, 0.05) is 0 Å². The number of ether oxygens (including phenoxy) is 1. The lowest BCUT2D eigenvalue weighted by molar-refractivity contribution is 0.115. The number of hydrogen-bond acceptors (Lipinski definition) is 4. The van der Waals surface area contributed by atoms with Gasteiger partial charge < -0.3 is 20.7 Å². The maximum atomic E-state index is 9.24. The monoisotopic (exact) mass is 393 g/mol. The van der Waals surface area contributed by atoms with Gasteiger partial charge in [-0.15, -0.1) is 0 Å². The van der Waals surface area contributed by atoms with Gasteiger partial charge in [-0.2, -0.15) is 0 Å². The third-order valence-electron chi connectivity index (χ3n) is 5.48. The minimum atomic E-state index is -0.899. The van der Waals surface area contributed by atoms with Crippen LogP contribution in [-0.4, -0.2) is 35.6 Å². The Labute approximate surface area is 172 Å². The molecule has 0 unspecified atom stereocenters. The number of aliphatic hydroxyl groups excluding tert-OH is 2. The molecule has 4 N–H and O–H groups in total. The molecule has 0 aromatic heterocycles. The second kappa shape index (κ2) is 15.8. The summed E-state index contributed by atoms with van der Waals surface area (Å²) in [6.45, 7) is 2.63. The molecule has 0 saturated carbocycles. The highest BCUT2D eigenvalue weighted by molar-refractivity contribution is 5.27. The first-order valence-electron chi connectivity index (χ1n) is 11.4. The number of aliphatic hydroxyl groups is 2. The summed E-state index contributed by atoms with van der Waals surface area (Å²) in [7, 11) is 0. The highest BCUT2D eigenvalue weighted by atomic mass is 16.5. The van der Waals surface area contributed by atoms with Crippen molar-refractivity contribution in [2.45, 2.75) is 95.9 Å². The highest BCUT2D eigenvalue weighted by Gasteiger charge is 2.22. The Morgan fingerprint density at radius 3 is 1.79 bits per heavy atom. The Morgan fingerprint density at radius 2 is 1.29 bits per heavy atom. The van der Waals surface area contributed by atoms with E-state index in [4.69, 9.17) is 10.5 Å². The van der Waals surface area contributed by atoms with Crippen molar-refractivity contribution >= 4 is 0 Å². The number of rotatable bonds is 18. The average Bonchev–Trinajstić information content (AvgIpc) is 2.73. The molecule has 0 radical (unpaired) electrons. The molecule has 0 amide bonds. The minimum absolute atomic E-state index is 0.205. The van der Waals surface area contributed by atoms with Crippen molar-refractivity contribution < 1.29 is 14.9 Å². The van der Waals surface area contributed by atoms with Gasteiger partial charge in [-0.3, -0.25) is 0 Å². The molecule has 0 aliphatic heterocycles. The molecular formula is C24H43NO3. The van der Waals surface area contributed by atoms with Crippen LogP contribution in [0.25, 0.3) is 0 Å². The van der Waals surface area contributed by atoms with Crippen LogP contribution in [0.15, 0.2) is 24.3 Å². The summed E-state index contributed by atoms with van der Waals surface area (Å²) in [4.78, 5) is 0. The molecule has 4 nitrogen and oxygen atoms in total. The number of benzene rings is 1.